The van der Waals surface area contributed by atoms with E-state index in [1.54, 1.807) is 4.90 Å². The van der Waals surface area contributed by atoms with Gasteiger partial charge in [0.2, 0.25) is 5.91 Å². The summed E-state index contributed by atoms with van der Waals surface area (Å²) in [6, 6.07) is 5.64. The van der Waals surface area contributed by atoms with Crippen molar-refractivity contribution in [3.8, 4) is 0 Å². The zero-order chi connectivity index (χ0) is 16.1. The molecule has 6 heteroatoms. The van der Waals surface area contributed by atoms with Gasteiger partial charge in [-0.1, -0.05) is 17.7 Å². The van der Waals surface area contributed by atoms with Crippen LogP contribution in [0.15, 0.2) is 18.2 Å². The minimum Gasteiger partial charge on any atom is -0.399 e. The molecular formula is C16H21BClNO3. The van der Waals surface area contributed by atoms with Crippen molar-refractivity contribution in [2.45, 2.75) is 51.7 Å². The van der Waals surface area contributed by atoms with Crippen LogP contribution in [0.1, 0.15) is 40.5 Å². The molecule has 22 heavy (non-hydrogen) atoms. The molecule has 0 unspecified atom stereocenters. The second kappa shape index (κ2) is 5.26. The molecule has 0 radical (unpaired) electrons. The van der Waals surface area contributed by atoms with Crippen molar-refractivity contribution in [2.75, 3.05) is 11.4 Å². The Labute approximate surface area is 136 Å². The predicted molar refractivity (Wildman–Crippen MR) is 88.8 cm³/mol. The Bertz CT molecular complexity index is 601. The topological polar surface area (TPSA) is 38.8 Å². The normalized spacial score (nSPS) is 23.4. The summed E-state index contributed by atoms with van der Waals surface area (Å²) in [5.74, 6) is 0.130. The third-order valence-electron chi connectivity index (χ3n) is 4.86. The standard InChI is InChI=1S/C16H21BClNO3/c1-15(2)16(3,4)22-17(21-15)11-7-8-13(12(18)10-11)19-9-5-6-14(19)20/h7-8,10H,5-6,9H2,1-4H3. The highest BCUT2D eigenvalue weighted by atomic mass is 35.5. The number of amides is 1. The number of carbonyl (C=O) groups excluding carboxylic acids is 1. The number of benzene rings is 1. The number of halogens is 1. The zero-order valence-corrected chi connectivity index (χ0v) is 14.2. The molecule has 3 rings (SSSR count). The maximum Gasteiger partial charge on any atom is 0.494 e. The summed E-state index contributed by atoms with van der Waals surface area (Å²) in [7, 11) is -0.439. The first-order valence-corrected chi connectivity index (χ1v) is 8.04. The third-order valence-corrected chi connectivity index (χ3v) is 5.16. The highest BCUT2D eigenvalue weighted by Gasteiger charge is 2.51. The lowest BCUT2D eigenvalue weighted by Crippen LogP contribution is -2.41. The molecule has 2 aliphatic heterocycles. The van der Waals surface area contributed by atoms with E-state index in [2.05, 4.69) is 0 Å². The summed E-state index contributed by atoms with van der Waals surface area (Å²) in [4.78, 5) is 13.6. The summed E-state index contributed by atoms with van der Waals surface area (Å²) in [5.41, 5.74) is 0.880. The molecule has 2 heterocycles. The zero-order valence-electron chi connectivity index (χ0n) is 13.5. The van der Waals surface area contributed by atoms with Crippen molar-refractivity contribution < 1.29 is 14.1 Å². The number of anilines is 1. The fourth-order valence-electron chi connectivity index (χ4n) is 2.77. The van der Waals surface area contributed by atoms with Gasteiger partial charge in [-0.05, 0) is 51.7 Å². The Balaban J connectivity index is 1.86. The summed E-state index contributed by atoms with van der Waals surface area (Å²) >= 11 is 6.39. The molecule has 0 bridgehead atoms. The van der Waals surface area contributed by atoms with Crippen LogP contribution < -0.4 is 10.4 Å². The number of carbonyl (C=O) groups is 1. The van der Waals surface area contributed by atoms with Gasteiger partial charge in [0.1, 0.15) is 0 Å². The Morgan fingerprint density at radius 1 is 1.18 bits per heavy atom. The predicted octanol–water partition coefficient (Wildman–Crippen LogP) is 2.77. The minimum atomic E-state index is -0.439. The third kappa shape index (κ3) is 2.55. The van der Waals surface area contributed by atoms with Crippen LogP contribution in [0.4, 0.5) is 5.69 Å². The maximum atomic E-state index is 11.9. The van der Waals surface area contributed by atoms with E-state index in [9.17, 15) is 4.79 Å². The molecule has 118 valence electrons. The lowest BCUT2D eigenvalue weighted by Gasteiger charge is -2.32. The molecule has 2 aliphatic rings. The van der Waals surface area contributed by atoms with E-state index in [1.165, 1.54) is 0 Å². The molecule has 4 nitrogen and oxygen atoms in total. The van der Waals surface area contributed by atoms with E-state index in [-0.39, 0.29) is 17.1 Å². The lowest BCUT2D eigenvalue weighted by molar-refractivity contribution is -0.117. The molecular weight excluding hydrogens is 300 g/mol. The molecule has 0 aliphatic carbocycles. The van der Waals surface area contributed by atoms with Gasteiger partial charge in [0.05, 0.1) is 21.9 Å². The van der Waals surface area contributed by atoms with Crippen molar-refractivity contribution in [1.29, 1.82) is 0 Å². The van der Waals surface area contributed by atoms with Gasteiger partial charge in [0, 0.05) is 13.0 Å². The minimum absolute atomic E-state index is 0.130. The van der Waals surface area contributed by atoms with Crippen LogP contribution in [0, 0.1) is 0 Å². The first kappa shape index (κ1) is 15.8. The largest absolute Gasteiger partial charge is 0.494 e. The molecule has 0 N–H and O–H groups in total. The number of hydrogen-bond acceptors (Lipinski definition) is 3. The van der Waals surface area contributed by atoms with E-state index in [0.717, 1.165) is 24.1 Å². The van der Waals surface area contributed by atoms with Gasteiger partial charge in [-0.2, -0.15) is 0 Å². The van der Waals surface area contributed by atoms with Crippen molar-refractivity contribution in [3.05, 3.63) is 23.2 Å². The smallest absolute Gasteiger partial charge is 0.399 e. The Morgan fingerprint density at radius 2 is 1.82 bits per heavy atom. The van der Waals surface area contributed by atoms with Crippen LogP contribution in [0.25, 0.3) is 0 Å². The maximum absolute atomic E-state index is 11.9. The van der Waals surface area contributed by atoms with E-state index in [0.29, 0.717) is 11.4 Å². The van der Waals surface area contributed by atoms with Gasteiger partial charge < -0.3 is 14.2 Å². The number of rotatable bonds is 2. The summed E-state index contributed by atoms with van der Waals surface area (Å²) in [6.45, 7) is 8.81. The fraction of sp³-hybridized carbons (Fsp3) is 0.562. The first-order chi connectivity index (χ1) is 10.2. The van der Waals surface area contributed by atoms with E-state index in [1.807, 2.05) is 45.9 Å². The van der Waals surface area contributed by atoms with Crippen LogP contribution in [-0.4, -0.2) is 30.8 Å². The van der Waals surface area contributed by atoms with E-state index in [4.69, 9.17) is 20.9 Å². The second-order valence-corrected chi connectivity index (χ2v) is 7.36. The molecule has 0 spiro atoms. The molecule has 1 aromatic carbocycles. The lowest BCUT2D eigenvalue weighted by atomic mass is 9.79. The Morgan fingerprint density at radius 3 is 2.32 bits per heavy atom. The monoisotopic (exact) mass is 321 g/mol. The molecule has 1 amide bonds. The van der Waals surface area contributed by atoms with Crippen LogP contribution in [0.3, 0.4) is 0 Å². The van der Waals surface area contributed by atoms with Crippen molar-refractivity contribution in [3.63, 3.8) is 0 Å². The van der Waals surface area contributed by atoms with Crippen LogP contribution in [0.5, 0.6) is 0 Å². The quantitative estimate of drug-likeness (QED) is 0.786. The highest BCUT2D eigenvalue weighted by Crippen LogP contribution is 2.37. The van der Waals surface area contributed by atoms with E-state index < -0.39 is 7.12 Å². The van der Waals surface area contributed by atoms with Crippen LogP contribution >= 0.6 is 11.6 Å². The van der Waals surface area contributed by atoms with Crippen molar-refractivity contribution in [2.24, 2.45) is 0 Å². The fourth-order valence-corrected chi connectivity index (χ4v) is 3.06. The van der Waals surface area contributed by atoms with Gasteiger partial charge in [-0.3, -0.25) is 4.79 Å². The molecule has 2 saturated heterocycles. The summed E-state index contributed by atoms with van der Waals surface area (Å²) in [6.07, 6.45) is 1.48. The highest BCUT2D eigenvalue weighted by molar-refractivity contribution is 6.62. The van der Waals surface area contributed by atoms with Crippen molar-refractivity contribution >= 4 is 35.8 Å². The van der Waals surface area contributed by atoms with Gasteiger partial charge in [0.25, 0.3) is 0 Å². The van der Waals surface area contributed by atoms with Crippen LogP contribution in [-0.2, 0) is 14.1 Å². The molecule has 1 aromatic rings. The molecule has 0 saturated carbocycles. The van der Waals surface area contributed by atoms with E-state index >= 15 is 0 Å². The molecule has 2 fully saturated rings. The molecule has 0 atom stereocenters. The molecule has 0 aromatic heterocycles. The Hall–Kier alpha value is -1.04. The van der Waals surface area contributed by atoms with Crippen molar-refractivity contribution in [1.82, 2.24) is 0 Å². The SMILES string of the molecule is CC1(C)OB(c2ccc(N3CCCC3=O)c(Cl)c2)OC1(C)C. The summed E-state index contributed by atoms with van der Waals surface area (Å²) < 4.78 is 12.1. The number of nitrogens with zero attached hydrogens (tertiary/aromatic N) is 1. The van der Waals surface area contributed by atoms with Crippen LogP contribution in [0.2, 0.25) is 5.02 Å². The van der Waals surface area contributed by atoms with Gasteiger partial charge in [-0.15, -0.1) is 0 Å². The Kier molecular flexibility index (Phi) is 3.79. The number of hydrogen-bond donors (Lipinski definition) is 0. The second-order valence-electron chi connectivity index (χ2n) is 6.95. The first-order valence-electron chi connectivity index (χ1n) is 7.67. The van der Waals surface area contributed by atoms with Gasteiger partial charge >= 0.3 is 7.12 Å². The summed E-state index contributed by atoms with van der Waals surface area (Å²) in [5, 5.41) is 0.558. The average Bonchev–Trinajstić information content (AvgIpc) is 2.91. The average molecular weight is 322 g/mol. The van der Waals surface area contributed by atoms with Gasteiger partial charge in [0.15, 0.2) is 0 Å². The van der Waals surface area contributed by atoms with Gasteiger partial charge in [-0.25, -0.2) is 0 Å².